The maximum Gasteiger partial charge on any atom is 0.533 e. The fourth-order valence-electron chi connectivity index (χ4n) is 2.69. The van der Waals surface area contributed by atoms with E-state index in [0.29, 0.717) is 35.3 Å². The van der Waals surface area contributed by atoms with E-state index in [1.165, 1.54) is 13.2 Å². The molecule has 2 heterocycles. The van der Waals surface area contributed by atoms with E-state index in [1.54, 1.807) is 29.0 Å². The average Bonchev–Trinajstić information content (AvgIpc) is 2.95. The van der Waals surface area contributed by atoms with E-state index in [2.05, 4.69) is 6.58 Å². The molecule has 3 rings (SSSR count). The van der Waals surface area contributed by atoms with E-state index in [4.69, 9.17) is 14.3 Å². The highest BCUT2D eigenvalue weighted by molar-refractivity contribution is 5.81. The summed E-state index contributed by atoms with van der Waals surface area (Å²) in [5, 5.41) is 1.37. The largest absolute Gasteiger partial charge is 0.533 e. The van der Waals surface area contributed by atoms with Crippen LogP contribution in [-0.4, -0.2) is 35.4 Å². The first kappa shape index (κ1) is 17.5. The Bertz CT molecular complexity index is 917. The maximum absolute atomic E-state index is 12.0. The summed E-state index contributed by atoms with van der Waals surface area (Å²) >= 11 is 0. The lowest BCUT2D eigenvalue weighted by Gasteiger charge is -2.16. The first-order valence-corrected chi connectivity index (χ1v) is 8.02. The molecule has 1 aliphatic heterocycles. The molecule has 1 aromatic carbocycles. The molecule has 0 saturated carbocycles. The van der Waals surface area contributed by atoms with Crippen LogP contribution in [0.4, 0.5) is 4.79 Å². The Balaban J connectivity index is 1.64. The van der Waals surface area contributed by atoms with Crippen molar-refractivity contribution in [2.45, 2.75) is 19.4 Å². The van der Waals surface area contributed by atoms with Crippen molar-refractivity contribution in [2.24, 2.45) is 0 Å². The molecule has 136 valence electrons. The third-order valence-electron chi connectivity index (χ3n) is 4.04. The number of nitrogens with zero attached hydrogens (tertiary/aromatic N) is 2. The van der Waals surface area contributed by atoms with Gasteiger partial charge in [-0.1, -0.05) is 6.58 Å². The molecule has 0 radical (unpaired) electrons. The third kappa shape index (κ3) is 3.53. The van der Waals surface area contributed by atoms with Gasteiger partial charge in [0.05, 0.1) is 24.9 Å². The van der Waals surface area contributed by atoms with Crippen molar-refractivity contribution in [3.63, 3.8) is 0 Å². The van der Waals surface area contributed by atoms with Crippen LogP contribution in [0.15, 0.2) is 47.5 Å². The zero-order valence-electron chi connectivity index (χ0n) is 14.3. The number of allylic oxidation sites excluding steroid dienone is 1. The number of fused-ring (bicyclic) bond motifs is 1. The molecule has 1 fully saturated rings. The quantitative estimate of drug-likeness (QED) is 0.762. The second-order valence-electron chi connectivity index (χ2n) is 5.70. The summed E-state index contributed by atoms with van der Waals surface area (Å²) in [7, 11) is 1.53. The SMILES string of the molecule is C=C1CCC(=O)N1OC(=O)OCCn1ccc(=O)c2cc(OC)ccc21. The zero-order chi connectivity index (χ0) is 18.7. The van der Waals surface area contributed by atoms with Crippen LogP contribution in [0, 0.1) is 0 Å². The lowest BCUT2D eigenvalue weighted by Crippen LogP contribution is -2.28. The van der Waals surface area contributed by atoms with Gasteiger partial charge in [0, 0.05) is 24.1 Å². The summed E-state index contributed by atoms with van der Waals surface area (Å²) in [6.07, 6.45) is 1.36. The van der Waals surface area contributed by atoms with E-state index in [9.17, 15) is 14.4 Å². The summed E-state index contributed by atoms with van der Waals surface area (Å²) in [6.45, 7) is 3.98. The van der Waals surface area contributed by atoms with Crippen molar-refractivity contribution < 1.29 is 23.9 Å². The van der Waals surface area contributed by atoms with Crippen molar-refractivity contribution in [2.75, 3.05) is 13.7 Å². The number of rotatable bonds is 5. The Hall–Kier alpha value is -3.29. The first-order chi connectivity index (χ1) is 12.5. The monoisotopic (exact) mass is 358 g/mol. The van der Waals surface area contributed by atoms with Crippen molar-refractivity contribution in [3.8, 4) is 5.75 Å². The number of pyridine rings is 1. The predicted octanol–water partition coefficient (Wildman–Crippen LogP) is 2.21. The number of carbonyl (C=O) groups is 2. The molecule has 1 aromatic heterocycles. The highest BCUT2D eigenvalue weighted by atomic mass is 16.8. The highest BCUT2D eigenvalue weighted by Crippen LogP contribution is 2.21. The van der Waals surface area contributed by atoms with Crippen molar-refractivity contribution in [1.29, 1.82) is 0 Å². The van der Waals surface area contributed by atoms with Gasteiger partial charge in [0.25, 0.3) is 5.91 Å². The Morgan fingerprint density at radius 3 is 2.73 bits per heavy atom. The van der Waals surface area contributed by atoms with Crippen molar-refractivity contribution >= 4 is 23.0 Å². The van der Waals surface area contributed by atoms with Gasteiger partial charge in [0.2, 0.25) is 0 Å². The molecule has 0 atom stereocenters. The van der Waals surface area contributed by atoms with Crippen LogP contribution in [-0.2, 0) is 20.9 Å². The smallest absolute Gasteiger partial charge is 0.497 e. The van der Waals surface area contributed by atoms with Crippen molar-refractivity contribution in [3.05, 3.63) is 53.0 Å². The van der Waals surface area contributed by atoms with Gasteiger partial charge in [-0.3, -0.25) is 14.4 Å². The fourth-order valence-corrected chi connectivity index (χ4v) is 2.69. The highest BCUT2D eigenvalue weighted by Gasteiger charge is 2.28. The topological polar surface area (TPSA) is 87.1 Å². The maximum atomic E-state index is 12.0. The van der Waals surface area contributed by atoms with Crippen LogP contribution in [0.5, 0.6) is 5.75 Å². The molecule has 1 amide bonds. The minimum Gasteiger partial charge on any atom is -0.497 e. The van der Waals surface area contributed by atoms with E-state index in [1.807, 2.05) is 0 Å². The molecule has 0 N–H and O–H groups in total. The van der Waals surface area contributed by atoms with Gasteiger partial charge in [-0.05, 0) is 24.6 Å². The number of aromatic nitrogens is 1. The number of methoxy groups -OCH3 is 1. The molecule has 0 unspecified atom stereocenters. The third-order valence-corrected chi connectivity index (χ3v) is 4.04. The molecule has 8 heteroatoms. The number of hydrogen-bond donors (Lipinski definition) is 0. The summed E-state index contributed by atoms with van der Waals surface area (Å²) in [5.41, 5.74) is 0.993. The Morgan fingerprint density at radius 1 is 1.23 bits per heavy atom. The molecular formula is C18H18N2O6. The van der Waals surface area contributed by atoms with Crippen LogP contribution in [0.3, 0.4) is 0 Å². The van der Waals surface area contributed by atoms with Gasteiger partial charge in [0.1, 0.15) is 12.4 Å². The number of benzene rings is 1. The average molecular weight is 358 g/mol. The normalized spacial score (nSPS) is 14.0. The first-order valence-electron chi connectivity index (χ1n) is 8.02. The minimum absolute atomic E-state index is 0.0112. The van der Waals surface area contributed by atoms with Crippen LogP contribution < -0.4 is 10.2 Å². The van der Waals surface area contributed by atoms with Crippen LogP contribution in [0.2, 0.25) is 0 Å². The summed E-state index contributed by atoms with van der Waals surface area (Å²) < 4.78 is 11.9. The Kier molecular flexibility index (Phi) is 4.92. The number of hydrogen-bond acceptors (Lipinski definition) is 6. The van der Waals surface area contributed by atoms with Crippen LogP contribution >= 0.6 is 0 Å². The van der Waals surface area contributed by atoms with Gasteiger partial charge in [0.15, 0.2) is 5.43 Å². The van der Waals surface area contributed by atoms with E-state index >= 15 is 0 Å². The number of hydroxylamine groups is 2. The van der Waals surface area contributed by atoms with Gasteiger partial charge in [-0.15, -0.1) is 5.06 Å². The minimum atomic E-state index is -0.978. The molecule has 26 heavy (non-hydrogen) atoms. The molecule has 0 spiro atoms. The Morgan fingerprint density at radius 2 is 2.04 bits per heavy atom. The Labute approximate surface area is 149 Å². The molecule has 2 aromatic rings. The number of carbonyl (C=O) groups excluding carboxylic acids is 2. The second-order valence-corrected chi connectivity index (χ2v) is 5.70. The van der Waals surface area contributed by atoms with Gasteiger partial charge >= 0.3 is 6.16 Å². The van der Waals surface area contributed by atoms with E-state index < -0.39 is 6.16 Å². The van der Waals surface area contributed by atoms with E-state index in [-0.39, 0.29) is 24.4 Å². The van der Waals surface area contributed by atoms with Crippen LogP contribution in [0.25, 0.3) is 10.9 Å². The standard InChI is InChI=1S/C18H18N2O6/c1-12-3-6-17(22)20(12)26-18(23)25-10-9-19-8-7-16(21)14-11-13(24-2)4-5-15(14)19/h4-5,7-8,11H,1,3,6,9-10H2,2H3. The molecular weight excluding hydrogens is 340 g/mol. The lowest BCUT2D eigenvalue weighted by atomic mass is 10.2. The molecule has 0 aliphatic carbocycles. The lowest BCUT2D eigenvalue weighted by molar-refractivity contribution is -0.157. The summed E-state index contributed by atoms with van der Waals surface area (Å²) in [4.78, 5) is 40.1. The molecule has 1 saturated heterocycles. The predicted molar refractivity (Wildman–Crippen MR) is 92.4 cm³/mol. The van der Waals surface area contributed by atoms with Gasteiger partial charge in [-0.25, -0.2) is 4.79 Å². The second kappa shape index (κ2) is 7.30. The molecule has 8 nitrogen and oxygen atoms in total. The summed E-state index contributed by atoms with van der Waals surface area (Å²) in [5.74, 6) is 0.259. The zero-order valence-corrected chi connectivity index (χ0v) is 14.3. The fraction of sp³-hybridized carbons (Fsp3) is 0.278. The van der Waals surface area contributed by atoms with Crippen LogP contribution in [0.1, 0.15) is 12.8 Å². The van der Waals surface area contributed by atoms with Gasteiger partial charge < -0.3 is 14.0 Å². The van der Waals surface area contributed by atoms with Gasteiger partial charge in [-0.2, -0.15) is 0 Å². The van der Waals surface area contributed by atoms with Crippen molar-refractivity contribution in [1.82, 2.24) is 9.63 Å². The number of ether oxygens (including phenoxy) is 2. The molecule has 0 bridgehead atoms. The van der Waals surface area contributed by atoms with E-state index in [0.717, 1.165) is 5.06 Å². The summed E-state index contributed by atoms with van der Waals surface area (Å²) in [6, 6.07) is 6.61. The number of amides is 1. The molecule has 1 aliphatic rings.